The Hall–Kier alpha value is -3.13. The number of carbonyl (C=O) groups is 2. The van der Waals surface area contributed by atoms with Crippen molar-refractivity contribution in [1.29, 1.82) is 0 Å². The highest BCUT2D eigenvalue weighted by molar-refractivity contribution is 5.94. The molecule has 0 aliphatic carbocycles. The van der Waals surface area contributed by atoms with E-state index in [9.17, 15) is 9.59 Å². The van der Waals surface area contributed by atoms with Crippen LogP contribution >= 0.6 is 0 Å². The van der Waals surface area contributed by atoms with Crippen LogP contribution in [-0.2, 0) is 6.54 Å². The molecule has 0 bridgehead atoms. The number of rotatable bonds is 2. The second kappa shape index (κ2) is 7.18. The van der Waals surface area contributed by atoms with Gasteiger partial charge in [-0.1, -0.05) is 6.07 Å². The van der Waals surface area contributed by atoms with Crippen LogP contribution in [0.15, 0.2) is 42.7 Å². The molecule has 3 amide bonds. The van der Waals surface area contributed by atoms with Gasteiger partial charge in [0.05, 0.1) is 12.6 Å². The molecule has 2 aromatic rings. The number of anilines is 1. The molecule has 0 fully saturated rings. The number of nitrogens with zero attached hydrogens (tertiary/aromatic N) is 2. The monoisotopic (exact) mass is 342 g/mol. The molecule has 1 unspecified atom stereocenters. The van der Waals surface area contributed by atoms with Gasteiger partial charge in [-0.3, -0.25) is 15.0 Å². The lowest BCUT2D eigenvalue weighted by Gasteiger charge is -2.26. The van der Waals surface area contributed by atoms with Crippen LogP contribution in [0.25, 0.3) is 0 Å². The molecule has 1 aromatic carbocycles. The predicted octanol–water partition coefficient (Wildman–Crippen LogP) is 2.02. The van der Waals surface area contributed by atoms with E-state index in [1.807, 2.05) is 6.92 Å². The minimum atomic E-state index is -0.615. The molecule has 8 nitrogen and oxygen atoms in total. The lowest BCUT2D eigenvalue weighted by molar-refractivity contribution is 0.0706. The van der Waals surface area contributed by atoms with E-state index in [0.717, 1.165) is 5.56 Å². The van der Waals surface area contributed by atoms with Crippen LogP contribution in [0.4, 0.5) is 10.5 Å². The minimum Gasteiger partial charge on any atom is -0.491 e. The number of hydroxylamine groups is 1. The number of benzene rings is 1. The first-order valence-electron chi connectivity index (χ1n) is 7.76. The van der Waals surface area contributed by atoms with Crippen LogP contribution < -0.4 is 15.5 Å². The Kier molecular flexibility index (Phi) is 4.80. The number of aromatic nitrogens is 1. The molecule has 2 heterocycles. The van der Waals surface area contributed by atoms with Gasteiger partial charge in [-0.05, 0) is 31.2 Å². The van der Waals surface area contributed by atoms with Gasteiger partial charge in [-0.15, -0.1) is 0 Å². The zero-order chi connectivity index (χ0) is 17.8. The normalized spacial score (nSPS) is 16.2. The summed E-state index contributed by atoms with van der Waals surface area (Å²) in [4.78, 5) is 29.7. The molecular weight excluding hydrogens is 324 g/mol. The Morgan fingerprint density at radius 3 is 2.76 bits per heavy atom. The number of fused-ring (bicyclic) bond motifs is 1. The zero-order valence-corrected chi connectivity index (χ0v) is 13.6. The highest BCUT2D eigenvalue weighted by Crippen LogP contribution is 2.27. The number of urea groups is 1. The van der Waals surface area contributed by atoms with Gasteiger partial charge in [0, 0.05) is 29.2 Å². The molecule has 25 heavy (non-hydrogen) atoms. The van der Waals surface area contributed by atoms with Crippen molar-refractivity contribution in [2.45, 2.75) is 19.5 Å². The maximum atomic E-state index is 12.6. The summed E-state index contributed by atoms with van der Waals surface area (Å²) in [6.07, 6.45) is 3.21. The number of nitrogens with one attached hydrogen (secondary N) is 2. The summed E-state index contributed by atoms with van der Waals surface area (Å²) >= 11 is 0. The third kappa shape index (κ3) is 3.69. The molecule has 1 aliphatic rings. The van der Waals surface area contributed by atoms with Crippen molar-refractivity contribution < 1.29 is 19.5 Å². The molecule has 1 aromatic heterocycles. The lowest BCUT2D eigenvalue weighted by Crippen LogP contribution is -2.42. The quantitative estimate of drug-likeness (QED) is 0.572. The molecule has 0 radical (unpaired) electrons. The van der Waals surface area contributed by atoms with E-state index in [1.54, 1.807) is 53.1 Å². The van der Waals surface area contributed by atoms with E-state index in [-0.39, 0.29) is 17.6 Å². The molecule has 1 atom stereocenters. The van der Waals surface area contributed by atoms with Gasteiger partial charge in [-0.2, -0.15) is 0 Å². The molecule has 0 saturated heterocycles. The maximum Gasteiger partial charge on any atom is 0.322 e. The van der Waals surface area contributed by atoms with Crippen LogP contribution in [0.1, 0.15) is 22.8 Å². The van der Waals surface area contributed by atoms with Crippen molar-refractivity contribution in [3.8, 4) is 5.75 Å². The third-order valence-electron chi connectivity index (χ3n) is 3.98. The molecular formula is C17H18N4O4. The molecule has 1 aliphatic heterocycles. The first-order valence-corrected chi connectivity index (χ1v) is 7.76. The van der Waals surface area contributed by atoms with E-state index in [0.29, 0.717) is 24.6 Å². The summed E-state index contributed by atoms with van der Waals surface area (Å²) in [5, 5.41) is 11.6. The van der Waals surface area contributed by atoms with E-state index in [2.05, 4.69) is 10.3 Å². The van der Waals surface area contributed by atoms with Crippen molar-refractivity contribution in [3.63, 3.8) is 0 Å². The summed E-state index contributed by atoms with van der Waals surface area (Å²) < 4.78 is 5.73. The van der Waals surface area contributed by atoms with Gasteiger partial charge in [0.15, 0.2) is 0 Å². The molecule has 130 valence electrons. The average molecular weight is 342 g/mol. The Bertz CT molecular complexity index is 781. The van der Waals surface area contributed by atoms with Gasteiger partial charge in [0.2, 0.25) is 0 Å². The fraction of sp³-hybridized carbons (Fsp3) is 0.235. The second-order valence-electron chi connectivity index (χ2n) is 5.72. The number of amides is 3. The summed E-state index contributed by atoms with van der Waals surface area (Å²) in [6, 6.07) is 7.86. The first kappa shape index (κ1) is 16.7. The second-order valence-corrected chi connectivity index (χ2v) is 5.72. The van der Waals surface area contributed by atoms with Gasteiger partial charge < -0.3 is 15.0 Å². The zero-order valence-electron chi connectivity index (χ0n) is 13.6. The molecule has 0 saturated carbocycles. The maximum absolute atomic E-state index is 12.6. The standard InChI is InChI=1S/C17H18N4O4/c1-11-10-25-15-8-12(16(22)20-24)2-3-13(15)9-21(11)17(23)19-14-4-6-18-7-5-14/h2-8,11,24H,9-10H2,1H3,(H,20,22)(H,18,19,23). The third-order valence-corrected chi connectivity index (χ3v) is 3.98. The van der Waals surface area contributed by atoms with E-state index >= 15 is 0 Å². The molecule has 8 heteroatoms. The van der Waals surface area contributed by atoms with Gasteiger partial charge in [-0.25, -0.2) is 10.3 Å². The number of carbonyl (C=O) groups excluding carboxylic acids is 2. The summed E-state index contributed by atoms with van der Waals surface area (Å²) in [5.41, 5.74) is 3.31. The fourth-order valence-corrected chi connectivity index (χ4v) is 2.57. The van der Waals surface area contributed by atoms with Crippen LogP contribution in [0.2, 0.25) is 0 Å². The number of hydrogen-bond donors (Lipinski definition) is 3. The largest absolute Gasteiger partial charge is 0.491 e. The summed E-state index contributed by atoms with van der Waals surface area (Å²) in [7, 11) is 0. The van der Waals surface area contributed by atoms with E-state index in [4.69, 9.17) is 9.94 Å². The highest BCUT2D eigenvalue weighted by Gasteiger charge is 2.26. The summed E-state index contributed by atoms with van der Waals surface area (Å²) in [6.45, 7) is 2.52. The average Bonchev–Trinajstić information content (AvgIpc) is 2.80. The summed E-state index contributed by atoms with van der Waals surface area (Å²) in [5.74, 6) is -0.0943. The Labute approximate surface area is 144 Å². The molecule has 3 N–H and O–H groups in total. The van der Waals surface area contributed by atoms with Gasteiger partial charge in [0.1, 0.15) is 12.4 Å². The molecule has 3 rings (SSSR count). The Morgan fingerprint density at radius 1 is 1.28 bits per heavy atom. The van der Waals surface area contributed by atoms with Crippen molar-refractivity contribution >= 4 is 17.6 Å². The number of pyridine rings is 1. The van der Waals surface area contributed by atoms with Gasteiger partial charge in [0.25, 0.3) is 5.91 Å². The van der Waals surface area contributed by atoms with Crippen LogP contribution in [0, 0.1) is 0 Å². The topological polar surface area (TPSA) is 104 Å². The van der Waals surface area contributed by atoms with Crippen molar-refractivity contribution in [1.82, 2.24) is 15.4 Å². The van der Waals surface area contributed by atoms with Crippen LogP contribution in [0.5, 0.6) is 5.75 Å². The fourth-order valence-electron chi connectivity index (χ4n) is 2.57. The lowest BCUT2D eigenvalue weighted by atomic mass is 10.1. The van der Waals surface area contributed by atoms with Crippen molar-refractivity contribution in [2.75, 3.05) is 11.9 Å². The predicted molar refractivity (Wildman–Crippen MR) is 89.5 cm³/mol. The van der Waals surface area contributed by atoms with E-state index < -0.39 is 5.91 Å². The number of ether oxygens (including phenoxy) is 1. The van der Waals surface area contributed by atoms with Crippen LogP contribution in [-0.4, -0.2) is 39.7 Å². The Morgan fingerprint density at radius 2 is 2.04 bits per heavy atom. The SMILES string of the molecule is CC1COc2cc(C(=O)NO)ccc2CN1C(=O)Nc1ccncc1. The first-order chi connectivity index (χ1) is 12.1. The highest BCUT2D eigenvalue weighted by atomic mass is 16.5. The van der Waals surface area contributed by atoms with Crippen LogP contribution in [0.3, 0.4) is 0 Å². The molecule has 0 spiro atoms. The van der Waals surface area contributed by atoms with Gasteiger partial charge >= 0.3 is 6.03 Å². The number of hydrogen-bond acceptors (Lipinski definition) is 5. The Balaban J connectivity index is 1.80. The minimum absolute atomic E-state index is 0.163. The van der Waals surface area contributed by atoms with E-state index in [1.165, 1.54) is 0 Å². The smallest absolute Gasteiger partial charge is 0.322 e. The van der Waals surface area contributed by atoms with Crippen molar-refractivity contribution in [2.24, 2.45) is 0 Å². The van der Waals surface area contributed by atoms with Crippen molar-refractivity contribution in [3.05, 3.63) is 53.9 Å².